The van der Waals surface area contributed by atoms with Crippen molar-refractivity contribution in [2.45, 2.75) is 30.8 Å². The van der Waals surface area contributed by atoms with Crippen LogP contribution in [-0.2, 0) is 16.4 Å². The van der Waals surface area contributed by atoms with Crippen LogP contribution in [0, 0.1) is 5.92 Å². The van der Waals surface area contributed by atoms with Crippen LogP contribution in [0.3, 0.4) is 0 Å². The molecule has 2 atom stereocenters. The minimum atomic E-state index is -3.26. The fourth-order valence-electron chi connectivity index (χ4n) is 3.94. The summed E-state index contributed by atoms with van der Waals surface area (Å²) in [6, 6.07) is 9.67. The molecule has 146 valence electrons. The first-order chi connectivity index (χ1) is 12.5. The van der Waals surface area contributed by atoms with Gasteiger partial charge >= 0.3 is 0 Å². The molecule has 1 saturated heterocycles. The van der Waals surface area contributed by atoms with Crippen LogP contribution in [0.5, 0.6) is 5.75 Å². The van der Waals surface area contributed by atoms with Crippen LogP contribution >= 0.6 is 12.4 Å². The van der Waals surface area contributed by atoms with Gasteiger partial charge in [-0.1, -0.05) is 19.1 Å². The topological polar surface area (TPSA) is 62.4 Å². The molecule has 1 aliphatic carbocycles. The molecule has 0 saturated carbocycles. The molecule has 1 aromatic heterocycles. The van der Waals surface area contributed by atoms with Gasteiger partial charge in [-0.25, -0.2) is 8.42 Å². The van der Waals surface area contributed by atoms with Crippen molar-refractivity contribution in [1.82, 2.24) is 9.88 Å². The van der Waals surface area contributed by atoms with E-state index in [1.54, 1.807) is 32.2 Å². The van der Waals surface area contributed by atoms with E-state index in [1.807, 2.05) is 6.07 Å². The second-order valence-corrected chi connectivity index (χ2v) is 9.32. The maximum Gasteiger partial charge on any atom is 0.178 e. The Morgan fingerprint density at radius 2 is 2.04 bits per heavy atom. The number of methoxy groups -OCH3 is 1. The summed E-state index contributed by atoms with van der Waals surface area (Å²) in [6.45, 7) is 3.65. The highest BCUT2D eigenvalue weighted by Gasteiger charge is 2.33. The smallest absolute Gasteiger partial charge is 0.178 e. The minimum Gasteiger partial charge on any atom is -0.496 e. The van der Waals surface area contributed by atoms with Crippen molar-refractivity contribution in [1.29, 1.82) is 0 Å². The van der Waals surface area contributed by atoms with Crippen molar-refractivity contribution in [3.8, 4) is 17.0 Å². The quantitative estimate of drug-likeness (QED) is 0.741. The van der Waals surface area contributed by atoms with Crippen molar-refractivity contribution in [2.75, 3.05) is 19.4 Å². The molecular formula is C20H25ClN2O3S. The molecule has 2 aliphatic rings. The predicted octanol–water partition coefficient (Wildman–Crippen LogP) is 3.67. The normalized spacial score (nSPS) is 21.4. The van der Waals surface area contributed by atoms with E-state index in [4.69, 9.17) is 4.74 Å². The van der Waals surface area contributed by atoms with Crippen LogP contribution in [-0.4, -0.2) is 43.8 Å². The van der Waals surface area contributed by atoms with Gasteiger partial charge in [-0.15, -0.1) is 12.4 Å². The summed E-state index contributed by atoms with van der Waals surface area (Å²) in [5.41, 5.74) is 2.78. The average Bonchev–Trinajstić information content (AvgIpc) is 3.38. The third-order valence-electron chi connectivity index (χ3n) is 5.41. The molecule has 2 aromatic rings. The molecule has 1 N–H and O–H groups in total. The molecule has 1 fully saturated rings. The van der Waals surface area contributed by atoms with E-state index in [0.29, 0.717) is 22.6 Å². The van der Waals surface area contributed by atoms with Crippen LogP contribution in [0.1, 0.15) is 19.0 Å². The number of benzene rings is 1. The lowest BCUT2D eigenvalue weighted by atomic mass is 10.1. The van der Waals surface area contributed by atoms with Gasteiger partial charge in [0.2, 0.25) is 0 Å². The van der Waals surface area contributed by atoms with E-state index in [-0.39, 0.29) is 18.2 Å². The molecule has 1 aromatic carbocycles. The van der Waals surface area contributed by atoms with Gasteiger partial charge < -0.3 is 9.72 Å². The summed E-state index contributed by atoms with van der Waals surface area (Å²) in [7, 11) is -1.66. The third kappa shape index (κ3) is 3.79. The van der Waals surface area contributed by atoms with Gasteiger partial charge in [0.15, 0.2) is 9.84 Å². The number of rotatable bonds is 6. The van der Waals surface area contributed by atoms with Gasteiger partial charge in [-0.3, -0.25) is 4.90 Å². The molecule has 7 heteroatoms. The highest BCUT2D eigenvalue weighted by atomic mass is 35.5. The fraction of sp³-hybridized carbons (Fsp3) is 0.400. The number of sulfone groups is 1. The van der Waals surface area contributed by atoms with E-state index in [0.717, 1.165) is 30.0 Å². The maximum absolute atomic E-state index is 12.2. The van der Waals surface area contributed by atoms with Crippen LogP contribution < -0.4 is 4.74 Å². The van der Waals surface area contributed by atoms with Crippen molar-refractivity contribution in [2.24, 2.45) is 5.92 Å². The summed E-state index contributed by atoms with van der Waals surface area (Å²) >= 11 is 0. The lowest BCUT2D eigenvalue weighted by Crippen LogP contribution is -2.29. The Bertz CT molecular complexity index is 952. The summed E-state index contributed by atoms with van der Waals surface area (Å²) in [6.07, 6.45) is 5.87. The molecule has 4 rings (SSSR count). The Balaban J connectivity index is 0.00000210. The largest absolute Gasteiger partial charge is 0.496 e. The molecule has 2 heterocycles. The summed E-state index contributed by atoms with van der Waals surface area (Å²) < 4.78 is 29.9. The summed E-state index contributed by atoms with van der Waals surface area (Å²) in [4.78, 5) is 6.26. The number of hydrogen-bond donors (Lipinski definition) is 1. The van der Waals surface area contributed by atoms with Crippen LogP contribution in [0.25, 0.3) is 11.3 Å². The molecule has 27 heavy (non-hydrogen) atoms. The number of fused-ring (bicyclic) bond motifs is 2. The van der Waals surface area contributed by atoms with Crippen molar-refractivity contribution in [3.63, 3.8) is 0 Å². The highest BCUT2D eigenvalue weighted by molar-refractivity contribution is 7.91. The van der Waals surface area contributed by atoms with Crippen LogP contribution in [0.15, 0.2) is 47.4 Å². The van der Waals surface area contributed by atoms with Gasteiger partial charge in [0.05, 0.1) is 17.8 Å². The Morgan fingerprint density at radius 3 is 2.67 bits per heavy atom. The second kappa shape index (κ2) is 7.70. The third-order valence-corrected chi connectivity index (χ3v) is 7.14. The van der Waals surface area contributed by atoms with E-state index < -0.39 is 9.84 Å². The highest BCUT2D eigenvalue weighted by Crippen LogP contribution is 2.34. The van der Waals surface area contributed by atoms with E-state index >= 15 is 0 Å². The van der Waals surface area contributed by atoms with Crippen molar-refractivity contribution >= 4 is 22.2 Å². The summed E-state index contributed by atoms with van der Waals surface area (Å²) in [5.74, 6) is 1.45. The number of hydrogen-bond acceptors (Lipinski definition) is 4. The number of ether oxygens (including phenoxy) is 1. The van der Waals surface area contributed by atoms with Gasteiger partial charge in [-0.05, 0) is 42.7 Å². The molecule has 2 unspecified atom stereocenters. The van der Waals surface area contributed by atoms with Gasteiger partial charge in [-0.2, -0.15) is 0 Å². The zero-order valence-corrected chi connectivity index (χ0v) is 17.1. The number of H-pyrrole nitrogens is 1. The first-order valence-electron chi connectivity index (χ1n) is 9.01. The maximum atomic E-state index is 12.2. The molecule has 5 nitrogen and oxygen atoms in total. The van der Waals surface area contributed by atoms with Crippen molar-refractivity contribution in [3.05, 3.63) is 48.2 Å². The number of nitrogens with zero attached hydrogens (tertiary/aromatic N) is 1. The standard InChI is InChI=1S/C20H24N2O3S.ClH/c1-3-26(23,24)17-7-9-20(25-2)18(11-17)19-8-5-15(21-19)13-22-12-14-4-6-16(22)10-14;/h4-9,11,14,16,21H,3,10,12-13H2,1-2H3;1H. The van der Waals surface area contributed by atoms with Gasteiger partial charge in [0.25, 0.3) is 0 Å². The van der Waals surface area contributed by atoms with Gasteiger partial charge in [0, 0.05) is 36.1 Å². The zero-order chi connectivity index (χ0) is 18.3. The molecule has 1 aliphatic heterocycles. The Labute approximate surface area is 166 Å². The van der Waals surface area contributed by atoms with Crippen LogP contribution in [0.2, 0.25) is 0 Å². The number of aromatic nitrogens is 1. The Morgan fingerprint density at radius 1 is 1.22 bits per heavy atom. The number of likely N-dealkylation sites (tertiary alicyclic amines) is 1. The van der Waals surface area contributed by atoms with Gasteiger partial charge in [0.1, 0.15) is 5.75 Å². The molecule has 0 radical (unpaired) electrons. The fourth-order valence-corrected chi connectivity index (χ4v) is 4.85. The van der Waals surface area contributed by atoms with Crippen LogP contribution in [0.4, 0.5) is 0 Å². The lowest BCUT2D eigenvalue weighted by Gasteiger charge is -2.22. The second-order valence-electron chi connectivity index (χ2n) is 7.04. The Kier molecular flexibility index (Phi) is 5.70. The average molecular weight is 409 g/mol. The van der Waals surface area contributed by atoms with E-state index in [9.17, 15) is 8.42 Å². The monoisotopic (exact) mass is 408 g/mol. The Hall–Kier alpha value is -1.76. The van der Waals surface area contributed by atoms with E-state index in [2.05, 4.69) is 28.1 Å². The first kappa shape index (κ1) is 20.0. The zero-order valence-electron chi connectivity index (χ0n) is 15.5. The number of halogens is 1. The molecule has 0 amide bonds. The lowest BCUT2D eigenvalue weighted by molar-refractivity contribution is 0.268. The van der Waals surface area contributed by atoms with E-state index in [1.165, 1.54) is 6.42 Å². The van der Waals surface area contributed by atoms with Crippen molar-refractivity contribution < 1.29 is 13.2 Å². The first-order valence-corrected chi connectivity index (χ1v) is 10.7. The molecular weight excluding hydrogens is 384 g/mol. The predicted molar refractivity (Wildman–Crippen MR) is 109 cm³/mol. The minimum absolute atomic E-state index is 0. The number of aromatic amines is 1. The molecule has 2 bridgehead atoms. The molecule has 0 spiro atoms. The summed E-state index contributed by atoms with van der Waals surface area (Å²) in [5, 5.41) is 0. The SMILES string of the molecule is CCS(=O)(=O)c1ccc(OC)c(-c2ccc(CN3CC4C=CC3C4)[nH]2)c1.Cl. The number of nitrogens with one attached hydrogen (secondary N) is 1.